The second kappa shape index (κ2) is 4.49. The molecule has 2 aliphatic heterocycles. The maximum Gasteiger partial charge on any atom is 0.254 e. The van der Waals surface area contributed by atoms with E-state index < -0.39 is 0 Å². The highest BCUT2D eigenvalue weighted by Gasteiger charge is 2.30. The fourth-order valence-electron chi connectivity index (χ4n) is 2.89. The van der Waals surface area contributed by atoms with Crippen LogP contribution in [0.5, 0.6) is 0 Å². The number of hydrogen-bond acceptors (Lipinski definition) is 2. The monoisotopic (exact) mass is 230 g/mol. The van der Waals surface area contributed by atoms with Gasteiger partial charge >= 0.3 is 0 Å². The molecule has 2 aliphatic rings. The number of piperidine rings is 1. The van der Waals surface area contributed by atoms with Gasteiger partial charge in [-0.25, -0.2) is 0 Å². The summed E-state index contributed by atoms with van der Waals surface area (Å²) in [6.45, 7) is 2.92. The van der Waals surface area contributed by atoms with Crippen molar-refractivity contribution in [2.24, 2.45) is 0 Å². The lowest BCUT2D eigenvalue weighted by atomic mass is 9.96. The smallest absolute Gasteiger partial charge is 0.254 e. The van der Waals surface area contributed by atoms with E-state index in [1.807, 2.05) is 18.2 Å². The number of rotatable bonds is 1. The minimum absolute atomic E-state index is 0.223. The van der Waals surface area contributed by atoms with Gasteiger partial charge < -0.3 is 10.2 Å². The molecular weight excluding hydrogens is 212 g/mol. The quantitative estimate of drug-likeness (QED) is 0.791. The van der Waals surface area contributed by atoms with Gasteiger partial charge in [0.2, 0.25) is 0 Å². The van der Waals surface area contributed by atoms with E-state index in [1.54, 1.807) is 0 Å². The van der Waals surface area contributed by atoms with E-state index in [1.165, 1.54) is 12.0 Å². The molecule has 1 aromatic rings. The summed E-state index contributed by atoms with van der Waals surface area (Å²) in [5, 5.41) is 3.38. The van der Waals surface area contributed by atoms with E-state index >= 15 is 0 Å². The van der Waals surface area contributed by atoms with E-state index in [2.05, 4.69) is 16.3 Å². The fraction of sp³-hybridized carbons (Fsp3) is 0.500. The SMILES string of the molecule is O=C1c2ccccc2CCN1C1CCCNC1. The first kappa shape index (κ1) is 10.8. The number of hydrogen-bond donors (Lipinski definition) is 1. The number of benzene rings is 1. The predicted octanol–water partition coefficient (Wildman–Crippen LogP) is 1.44. The molecule has 0 aromatic heterocycles. The standard InChI is InChI=1S/C14H18N2O/c17-14-13-6-2-1-4-11(13)7-9-16(14)12-5-3-8-15-10-12/h1-2,4,6,12,15H,3,5,7-10H2. The number of nitrogens with one attached hydrogen (secondary N) is 1. The minimum Gasteiger partial charge on any atom is -0.334 e. The van der Waals surface area contributed by atoms with E-state index in [4.69, 9.17) is 0 Å². The zero-order chi connectivity index (χ0) is 11.7. The highest BCUT2D eigenvalue weighted by Crippen LogP contribution is 2.22. The Labute approximate surface area is 102 Å². The summed E-state index contributed by atoms with van der Waals surface area (Å²) in [5.41, 5.74) is 2.11. The molecule has 1 saturated heterocycles. The predicted molar refractivity (Wildman–Crippen MR) is 67.1 cm³/mol. The van der Waals surface area contributed by atoms with E-state index in [9.17, 15) is 4.79 Å². The van der Waals surface area contributed by atoms with Crippen molar-refractivity contribution < 1.29 is 4.79 Å². The van der Waals surface area contributed by atoms with Crippen molar-refractivity contribution in [3.63, 3.8) is 0 Å². The summed E-state index contributed by atoms with van der Waals surface area (Å²) in [4.78, 5) is 14.5. The van der Waals surface area contributed by atoms with Crippen LogP contribution in [0.3, 0.4) is 0 Å². The third-order valence-corrected chi connectivity index (χ3v) is 3.84. The van der Waals surface area contributed by atoms with Crippen LogP contribution < -0.4 is 5.32 Å². The Hall–Kier alpha value is -1.35. The zero-order valence-corrected chi connectivity index (χ0v) is 9.98. The average molecular weight is 230 g/mol. The van der Waals surface area contributed by atoms with Crippen molar-refractivity contribution in [2.75, 3.05) is 19.6 Å². The molecule has 1 N–H and O–H groups in total. The molecule has 17 heavy (non-hydrogen) atoms. The van der Waals surface area contributed by atoms with Gasteiger partial charge in [-0.05, 0) is 37.4 Å². The lowest BCUT2D eigenvalue weighted by Crippen LogP contribution is -2.51. The Bertz CT molecular complexity index is 424. The molecule has 0 spiro atoms. The van der Waals surface area contributed by atoms with Gasteiger partial charge in [0.05, 0.1) is 0 Å². The van der Waals surface area contributed by atoms with Crippen molar-refractivity contribution in [3.8, 4) is 0 Å². The second-order valence-corrected chi connectivity index (χ2v) is 4.91. The maximum atomic E-state index is 12.4. The molecule has 1 unspecified atom stereocenters. The van der Waals surface area contributed by atoms with Crippen LogP contribution in [0.1, 0.15) is 28.8 Å². The first-order chi connectivity index (χ1) is 8.36. The summed E-state index contributed by atoms with van der Waals surface area (Å²) in [6, 6.07) is 8.40. The molecule has 1 fully saturated rings. The molecule has 3 heteroatoms. The first-order valence-corrected chi connectivity index (χ1v) is 6.46. The normalized spacial score (nSPS) is 24.6. The molecule has 3 rings (SSSR count). The minimum atomic E-state index is 0.223. The van der Waals surface area contributed by atoms with E-state index in [0.29, 0.717) is 6.04 Å². The summed E-state index contributed by atoms with van der Waals surface area (Å²) in [6.07, 6.45) is 3.31. The van der Waals surface area contributed by atoms with Gasteiger partial charge in [0.25, 0.3) is 5.91 Å². The molecule has 1 aromatic carbocycles. The van der Waals surface area contributed by atoms with Crippen molar-refractivity contribution >= 4 is 5.91 Å². The van der Waals surface area contributed by atoms with Crippen LogP contribution in [0.2, 0.25) is 0 Å². The van der Waals surface area contributed by atoms with Gasteiger partial charge in [0.1, 0.15) is 0 Å². The second-order valence-electron chi connectivity index (χ2n) is 4.91. The zero-order valence-electron chi connectivity index (χ0n) is 9.98. The van der Waals surface area contributed by atoms with Crippen LogP contribution >= 0.6 is 0 Å². The van der Waals surface area contributed by atoms with E-state index in [-0.39, 0.29) is 5.91 Å². The Balaban J connectivity index is 1.83. The van der Waals surface area contributed by atoms with Crippen LogP contribution in [0.15, 0.2) is 24.3 Å². The van der Waals surface area contributed by atoms with Crippen molar-refractivity contribution in [3.05, 3.63) is 35.4 Å². The molecule has 90 valence electrons. The molecule has 1 atom stereocenters. The largest absolute Gasteiger partial charge is 0.334 e. The molecule has 2 heterocycles. The number of nitrogens with zero attached hydrogens (tertiary/aromatic N) is 1. The molecule has 3 nitrogen and oxygen atoms in total. The van der Waals surface area contributed by atoms with Crippen molar-refractivity contribution in [2.45, 2.75) is 25.3 Å². The molecule has 1 amide bonds. The van der Waals surface area contributed by atoms with Crippen LogP contribution in [0, 0.1) is 0 Å². The molecule has 0 bridgehead atoms. The van der Waals surface area contributed by atoms with Crippen LogP contribution in [-0.2, 0) is 6.42 Å². The van der Waals surface area contributed by atoms with Gasteiger partial charge in [-0.2, -0.15) is 0 Å². The topological polar surface area (TPSA) is 32.3 Å². The van der Waals surface area contributed by atoms with Gasteiger partial charge in [-0.1, -0.05) is 18.2 Å². The van der Waals surface area contributed by atoms with Gasteiger partial charge in [0, 0.05) is 24.7 Å². The number of fused-ring (bicyclic) bond motifs is 1. The Morgan fingerprint density at radius 3 is 3.00 bits per heavy atom. The van der Waals surface area contributed by atoms with Crippen LogP contribution in [0.25, 0.3) is 0 Å². The highest BCUT2D eigenvalue weighted by atomic mass is 16.2. The Morgan fingerprint density at radius 2 is 2.18 bits per heavy atom. The van der Waals surface area contributed by atoms with E-state index in [0.717, 1.165) is 38.0 Å². The van der Waals surface area contributed by atoms with Gasteiger partial charge in [-0.3, -0.25) is 4.79 Å². The van der Waals surface area contributed by atoms with Crippen molar-refractivity contribution in [1.82, 2.24) is 10.2 Å². The lowest BCUT2D eigenvalue weighted by molar-refractivity contribution is 0.0630. The summed E-state index contributed by atoms with van der Waals surface area (Å²) >= 11 is 0. The number of amides is 1. The number of carbonyl (C=O) groups is 1. The molecule has 0 aliphatic carbocycles. The first-order valence-electron chi connectivity index (χ1n) is 6.46. The van der Waals surface area contributed by atoms with Crippen LogP contribution in [-0.4, -0.2) is 36.5 Å². The Morgan fingerprint density at radius 1 is 1.29 bits per heavy atom. The maximum absolute atomic E-state index is 12.4. The fourth-order valence-corrected chi connectivity index (χ4v) is 2.89. The molecule has 0 saturated carbocycles. The summed E-state index contributed by atoms with van der Waals surface area (Å²) < 4.78 is 0. The van der Waals surface area contributed by atoms with Crippen molar-refractivity contribution in [1.29, 1.82) is 0 Å². The molecular formula is C14H18N2O. The van der Waals surface area contributed by atoms with Gasteiger partial charge in [0.15, 0.2) is 0 Å². The third kappa shape index (κ3) is 1.95. The lowest BCUT2D eigenvalue weighted by Gasteiger charge is -2.37. The van der Waals surface area contributed by atoms with Crippen LogP contribution in [0.4, 0.5) is 0 Å². The number of carbonyl (C=O) groups excluding carboxylic acids is 1. The third-order valence-electron chi connectivity index (χ3n) is 3.84. The average Bonchev–Trinajstić information content (AvgIpc) is 2.40. The Kier molecular flexibility index (Phi) is 2.85. The summed E-state index contributed by atoms with van der Waals surface area (Å²) in [7, 11) is 0. The summed E-state index contributed by atoms with van der Waals surface area (Å²) in [5.74, 6) is 0.223. The highest BCUT2D eigenvalue weighted by molar-refractivity contribution is 5.96. The van der Waals surface area contributed by atoms with Gasteiger partial charge in [-0.15, -0.1) is 0 Å². The molecule has 0 radical (unpaired) electrons.